The molecule has 0 atom stereocenters. The Bertz CT molecular complexity index is 1530. The minimum Gasteiger partial charge on any atom is -0.347 e. The van der Waals surface area contributed by atoms with E-state index in [-0.39, 0.29) is 23.5 Å². The van der Waals surface area contributed by atoms with Gasteiger partial charge in [-0.15, -0.1) is 10.2 Å². The number of fused-ring (bicyclic) bond motifs is 1. The van der Waals surface area contributed by atoms with Gasteiger partial charge in [-0.2, -0.15) is 0 Å². The van der Waals surface area contributed by atoms with E-state index in [2.05, 4.69) is 15.5 Å². The Kier molecular flexibility index (Phi) is 6.37. The summed E-state index contributed by atoms with van der Waals surface area (Å²) in [4.78, 5) is 52.0. The van der Waals surface area contributed by atoms with Gasteiger partial charge in [0.05, 0.1) is 23.4 Å². The quantitative estimate of drug-likeness (QED) is 0.299. The Morgan fingerprint density at radius 3 is 2.22 bits per heavy atom. The summed E-state index contributed by atoms with van der Waals surface area (Å²) >= 11 is 6.22. The summed E-state index contributed by atoms with van der Waals surface area (Å²) in [5.41, 5.74) is 1.89. The molecule has 1 N–H and O–H groups in total. The lowest BCUT2D eigenvalue weighted by molar-refractivity contribution is -0.121. The van der Waals surface area contributed by atoms with Crippen LogP contribution in [-0.4, -0.2) is 49.7 Å². The number of rotatable bonds is 7. The standard InChI is InChI=1S/C27H20ClN5O4/c1-16-30-31-23(14-29-24(34)15-32-26(36)19-9-5-6-10-20(19)27(32)37)33(16)22-12-11-18(28)13-21(22)25(35)17-7-3-2-4-8-17/h2-13H,14-15H2,1H3,(H,29,34). The maximum atomic E-state index is 13.3. The molecule has 0 aliphatic carbocycles. The van der Waals surface area contributed by atoms with Crippen LogP contribution in [0.4, 0.5) is 0 Å². The van der Waals surface area contributed by atoms with Gasteiger partial charge in [-0.1, -0.05) is 54.1 Å². The summed E-state index contributed by atoms with van der Waals surface area (Å²) in [5, 5.41) is 11.4. The molecule has 0 fully saturated rings. The first-order chi connectivity index (χ1) is 17.8. The molecule has 9 nitrogen and oxygen atoms in total. The van der Waals surface area contributed by atoms with Crippen molar-refractivity contribution in [3.63, 3.8) is 0 Å². The highest BCUT2D eigenvalue weighted by atomic mass is 35.5. The van der Waals surface area contributed by atoms with Gasteiger partial charge < -0.3 is 5.32 Å². The maximum Gasteiger partial charge on any atom is 0.262 e. The van der Waals surface area contributed by atoms with E-state index in [1.165, 1.54) is 0 Å². The number of halogens is 1. The van der Waals surface area contributed by atoms with Crippen molar-refractivity contribution in [3.05, 3.63) is 112 Å². The molecule has 0 bridgehead atoms. The van der Waals surface area contributed by atoms with Crippen LogP contribution in [0.3, 0.4) is 0 Å². The van der Waals surface area contributed by atoms with E-state index < -0.39 is 24.3 Å². The first-order valence-corrected chi connectivity index (χ1v) is 11.8. The topological polar surface area (TPSA) is 114 Å². The second-order valence-corrected chi connectivity index (χ2v) is 8.81. The van der Waals surface area contributed by atoms with Crippen molar-refractivity contribution in [1.29, 1.82) is 0 Å². The smallest absolute Gasteiger partial charge is 0.262 e. The summed E-state index contributed by atoms with van der Waals surface area (Å²) in [5.74, 6) is -0.947. The lowest BCUT2D eigenvalue weighted by Crippen LogP contribution is -2.40. The normalized spacial score (nSPS) is 12.5. The van der Waals surface area contributed by atoms with Crippen molar-refractivity contribution in [2.45, 2.75) is 13.5 Å². The predicted octanol–water partition coefficient (Wildman–Crippen LogP) is 3.37. The largest absolute Gasteiger partial charge is 0.347 e. The van der Waals surface area contributed by atoms with Crippen LogP contribution in [0.2, 0.25) is 5.02 Å². The van der Waals surface area contributed by atoms with Crippen LogP contribution < -0.4 is 5.32 Å². The third-order valence-electron chi connectivity index (χ3n) is 6.00. The van der Waals surface area contributed by atoms with Crippen LogP contribution in [0.1, 0.15) is 48.3 Å². The van der Waals surface area contributed by atoms with Gasteiger partial charge in [-0.3, -0.25) is 28.6 Å². The van der Waals surface area contributed by atoms with Crippen molar-refractivity contribution in [2.75, 3.05) is 6.54 Å². The van der Waals surface area contributed by atoms with Crippen molar-refractivity contribution >= 4 is 35.1 Å². The van der Waals surface area contributed by atoms with Crippen molar-refractivity contribution < 1.29 is 19.2 Å². The van der Waals surface area contributed by atoms with E-state index in [1.807, 2.05) is 6.07 Å². The SMILES string of the molecule is Cc1nnc(CNC(=O)CN2C(=O)c3ccccc3C2=O)n1-c1ccc(Cl)cc1C(=O)c1ccccc1. The van der Waals surface area contributed by atoms with E-state index in [1.54, 1.807) is 78.2 Å². The first-order valence-electron chi connectivity index (χ1n) is 11.4. The third kappa shape index (κ3) is 4.52. The van der Waals surface area contributed by atoms with Gasteiger partial charge in [0.2, 0.25) is 5.91 Å². The number of carbonyl (C=O) groups is 4. The molecule has 0 radical (unpaired) electrons. The number of hydrogen-bond donors (Lipinski definition) is 1. The second-order valence-electron chi connectivity index (χ2n) is 8.37. The van der Waals surface area contributed by atoms with Gasteiger partial charge in [-0.05, 0) is 37.3 Å². The van der Waals surface area contributed by atoms with E-state index in [9.17, 15) is 19.2 Å². The fourth-order valence-corrected chi connectivity index (χ4v) is 4.40. The number of carbonyl (C=O) groups excluding carboxylic acids is 4. The van der Waals surface area contributed by atoms with E-state index in [0.717, 1.165) is 4.90 Å². The molecule has 3 aromatic carbocycles. The van der Waals surface area contributed by atoms with Crippen LogP contribution in [0.15, 0.2) is 72.8 Å². The molecule has 0 saturated heterocycles. The molecule has 3 amide bonds. The summed E-state index contributed by atoms with van der Waals surface area (Å²) in [7, 11) is 0. The van der Waals surface area contributed by atoms with Crippen molar-refractivity contribution in [1.82, 2.24) is 25.0 Å². The van der Waals surface area contributed by atoms with Gasteiger partial charge in [0.1, 0.15) is 12.4 Å². The van der Waals surface area contributed by atoms with Crippen LogP contribution >= 0.6 is 11.6 Å². The molecule has 37 heavy (non-hydrogen) atoms. The van der Waals surface area contributed by atoms with Crippen molar-refractivity contribution in [3.8, 4) is 5.69 Å². The molecule has 2 heterocycles. The lowest BCUT2D eigenvalue weighted by Gasteiger charge is -2.16. The molecule has 0 unspecified atom stereocenters. The van der Waals surface area contributed by atoms with Crippen molar-refractivity contribution in [2.24, 2.45) is 0 Å². The number of amides is 3. The third-order valence-corrected chi connectivity index (χ3v) is 6.23. The molecule has 1 aromatic heterocycles. The number of nitrogens with zero attached hydrogens (tertiary/aromatic N) is 4. The molecule has 1 aliphatic rings. The summed E-state index contributed by atoms with van der Waals surface area (Å²) in [6.07, 6.45) is 0. The van der Waals surface area contributed by atoms with Crippen LogP contribution in [0, 0.1) is 6.92 Å². The second kappa shape index (κ2) is 9.79. The average Bonchev–Trinajstić information content (AvgIpc) is 3.40. The van der Waals surface area contributed by atoms with Gasteiger partial charge in [0.15, 0.2) is 11.6 Å². The Hall–Kier alpha value is -4.63. The Morgan fingerprint density at radius 2 is 1.54 bits per heavy atom. The van der Waals surface area contributed by atoms with Gasteiger partial charge in [0.25, 0.3) is 11.8 Å². The van der Waals surface area contributed by atoms with Crippen LogP contribution in [-0.2, 0) is 11.3 Å². The average molecular weight is 514 g/mol. The minimum atomic E-state index is -0.543. The van der Waals surface area contributed by atoms with E-state index >= 15 is 0 Å². The molecule has 184 valence electrons. The zero-order chi connectivity index (χ0) is 26.1. The summed E-state index contributed by atoms with van der Waals surface area (Å²) in [6.45, 7) is 1.24. The Labute approximate surface area is 216 Å². The zero-order valence-corrected chi connectivity index (χ0v) is 20.4. The molecular formula is C27H20ClN5O4. The molecule has 1 aliphatic heterocycles. The molecule has 5 rings (SSSR count). The van der Waals surface area contributed by atoms with Crippen LogP contribution in [0.25, 0.3) is 5.69 Å². The highest BCUT2D eigenvalue weighted by Crippen LogP contribution is 2.25. The Morgan fingerprint density at radius 1 is 0.892 bits per heavy atom. The Balaban J connectivity index is 1.37. The van der Waals surface area contributed by atoms with Crippen LogP contribution in [0.5, 0.6) is 0 Å². The number of aryl methyl sites for hydroxylation is 1. The molecular weight excluding hydrogens is 494 g/mol. The summed E-state index contributed by atoms with van der Waals surface area (Å²) in [6, 6.07) is 20.2. The maximum absolute atomic E-state index is 13.3. The zero-order valence-electron chi connectivity index (χ0n) is 19.6. The summed E-state index contributed by atoms with van der Waals surface area (Å²) < 4.78 is 1.66. The number of aromatic nitrogens is 3. The van der Waals surface area contributed by atoms with E-state index in [0.29, 0.717) is 33.5 Å². The van der Waals surface area contributed by atoms with Gasteiger partial charge in [-0.25, -0.2) is 0 Å². The number of hydrogen-bond acceptors (Lipinski definition) is 6. The number of benzene rings is 3. The monoisotopic (exact) mass is 513 g/mol. The lowest BCUT2D eigenvalue weighted by atomic mass is 10.0. The first kappa shape index (κ1) is 24.1. The molecule has 0 spiro atoms. The minimum absolute atomic E-state index is 0.0512. The number of nitrogens with one attached hydrogen (secondary N) is 1. The highest BCUT2D eigenvalue weighted by Gasteiger charge is 2.36. The number of imide groups is 1. The fourth-order valence-electron chi connectivity index (χ4n) is 4.22. The van der Waals surface area contributed by atoms with Gasteiger partial charge >= 0.3 is 0 Å². The van der Waals surface area contributed by atoms with E-state index in [4.69, 9.17) is 11.6 Å². The molecule has 0 saturated carbocycles. The highest BCUT2D eigenvalue weighted by molar-refractivity contribution is 6.31. The predicted molar refractivity (Wildman–Crippen MR) is 135 cm³/mol. The molecule has 10 heteroatoms. The number of ketones is 1. The van der Waals surface area contributed by atoms with Gasteiger partial charge in [0, 0.05) is 16.1 Å². The molecule has 4 aromatic rings. The fraction of sp³-hybridized carbons (Fsp3) is 0.111.